The third kappa shape index (κ3) is 8.40. The Hall–Kier alpha value is -5.39. The molecule has 4 aromatic rings. The lowest BCUT2D eigenvalue weighted by Crippen LogP contribution is -2.55. The van der Waals surface area contributed by atoms with E-state index in [-0.39, 0.29) is 30.6 Å². The number of benzene rings is 1. The van der Waals surface area contributed by atoms with E-state index in [2.05, 4.69) is 36.1 Å². The fraction of sp³-hybridized carbons (Fsp3) is 0.324. The first-order chi connectivity index (χ1) is 22.3. The van der Waals surface area contributed by atoms with Gasteiger partial charge >= 0.3 is 0 Å². The molecule has 2 bridgehead atoms. The number of aromatic amines is 1. The first-order valence-corrected chi connectivity index (χ1v) is 15.4. The van der Waals surface area contributed by atoms with Gasteiger partial charge in [-0.1, -0.05) is 50.2 Å². The molecule has 3 aromatic heterocycles. The van der Waals surface area contributed by atoms with Gasteiger partial charge in [-0.25, -0.2) is 0 Å². The van der Waals surface area contributed by atoms with Crippen LogP contribution in [0.15, 0.2) is 79.3 Å². The van der Waals surface area contributed by atoms with Gasteiger partial charge in [-0.2, -0.15) is 5.10 Å². The van der Waals surface area contributed by atoms with Crippen LogP contribution in [0, 0.1) is 5.92 Å². The molecule has 4 N–H and O–H groups in total. The van der Waals surface area contributed by atoms with E-state index in [9.17, 15) is 19.2 Å². The zero-order chi connectivity index (χ0) is 32.5. The van der Waals surface area contributed by atoms with E-state index < -0.39 is 29.8 Å². The van der Waals surface area contributed by atoms with Crippen molar-refractivity contribution in [3.63, 3.8) is 0 Å². The van der Waals surface area contributed by atoms with E-state index in [0.717, 1.165) is 11.1 Å². The molecule has 0 unspecified atom stereocenters. The van der Waals surface area contributed by atoms with E-state index in [1.165, 1.54) is 11.1 Å². The number of rotatable bonds is 5. The lowest BCUT2D eigenvalue weighted by molar-refractivity contribution is -0.124. The number of fused-ring (bicyclic) bond motifs is 2. The van der Waals surface area contributed by atoms with E-state index >= 15 is 0 Å². The number of H-pyrrole nitrogens is 1. The molecule has 0 radical (unpaired) electrons. The molecular formula is C34H38N8O4. The smallest absolute Gasteiger partial charge is 0.272 e. The van der Waals surface area contributed by atoms with Gasteiger partial charge < -0.3 is 20.9 Å². The minimum Gasteiger partial charge on any atom is -0.355 e. The Balaban J connectivity index is 1.46. The average molecular weight is 623 g/mol. The van der Waals surface area contributed by atoms with Crippen LogP contribution in [-0.4, -0.2) is 80.4 Å². The topological polar surface area (TPSA) is 162 Å². The Kier molecular flexibility index (Phi) is 10.5. The zero-order valence-corrected chi connectivity index (χ0v) is 25.9. The third-order valence-corrected chi connectivity index (χ3v) is 7.73. The first-order valence-electron chi connectivity index (χ1n) is 15.4. The summed E-state index contributed by atoms with van der Waals surface area (Å²) in [5.74, 6) is -1.83. The molecule has 4 amide bonds. The number of hydrogen-bond acceptors (Lipinski definition) is 7. The SMILES string of the molecule is CC(C)[C@H]1NC(=O)c2cncc(c2)CCCNC(=O)CN(C(=O)c2cc(-c3ccccn3)n[nH]2)C[C@@H](Cc2ccccc2)NC1=O. The molecule has 238 valence electrons. The molecule has 0 aliphatic carbocycles. The summed E-state index contributed by atoms with van der Waals surface area (Å²) >= 11 is 0. The molecule has 0 spiro atoms. The monoisotopic (exact) mass is 622 g/mol. The van der Waals surface area contributed by atoms with Crippen molar-refractivity contribution in [1.82, 2.24) is 41.0 Å². The Morgan fingerprint density at radius 1 is 0.978 bits per heavy atom. The minimum atomic E-state index is -0.855. The predicted octanol–water partition coefficient (Wildman–Crippen LogP) is 2.55. The van der Waals surface area contributed by atoms with Crippen molar-refractivity contribution in [2.24, 2.45) is 5.92 Å². The van der Waals surface area contributed by atoms with Gasteiger partial charge in [0.05, 0.1) is 23.8 Å². The third-order valence-electron chi connectivity index (χ3n) is 7.73. The first kappa shape index (κ1) is 32.0. The van der Waals surface area contributed by atoms with Crippen LogP contribution in [0.1, 0.15) is 52.2 Å². The highest BCUT2D eigenvalue weighted by Gasteiger charge is 2.30. The van der Waals surface area contributed by atoms with E-state index in [4.69, 9.17) is 0 Å². The van der Waals surface area contributed by atoms with Gasteiger partial charge in [0, 0.05) is 31.7 Å². The quantitative estimate of drug-likeness (QED) is 0.266. The number of pyridine rings is 2. The van der Waals surface area contributed by atoms with Crippen molar-refractivity contribution in [1.29, 1.82) is 0 Å². The van der Waals surface area contributed by atoms with Gasteiger partial charge in [0.15, 0.2) is 0 Å². The normalized spacial score (nSPS) is 18.3. The predicted molar refractivity (Wildman–Crippen MR) is 171 cm³/mol. The molecule has 5 rings (SSSR count). The highest BCUT2D eigenvalue weighted by Crippen LogP contribution is 2.17. The van der Waals surface area contributed by atoms with E-state index in [1.54, 1.807) is 36.7 Å². The maximum absolute atomic E-state index is 14.0. The molecule has 1 aliphatic rings. The number of carbonyl (C=O) groups is 4. The number of aromatic nitrogens is 4. The van der Waals surface area contributed by atoms with Crippen LogP contribution >= 0.6 is 0 Å². The lowest BCUT2D eigenvalue weighted by Gasteiger charge is -2.30. The van der Waals surface area contributed by atoms with Crippen LogP contribution in [0.4, 0.5) is 0 Å². The van der Waals surface area contributed by atoms with Gasteiger partial charge in [-0.15, -0.1) is 0 Å². The number of amides is 4. The van der Waals surface area contributed by atoms with Crippen LogP contribution in [0.5, 0.6) is 0 Å². The summed E-state index contributed by atoms with van der Waals surface area (Å²) in [5, 5.41) is 15.9. The Morgan fingerprint density at radius 2 is 1.78 bits per heavy atom. The summed E-state index contributed by atoms with van der Waals surface area (Å²) in [6.45, 7) is 3.86. The summed E-state index contributed by atoms with van der Waals surface area (Å²) in [4.78, 5) is 64.1. The second-order valence-corrected chi connectivity index (χ2v) is 11.7. The molecular weight excluding hydrogens is 584 g/mol. The zero-order valence-electron chi connectivity index (χ0n) is 25.9. The van der Waals surface area contributed by atoms with Crippen LogP contribution < -0.4 is 16.0 Å². The average Bonchev–Trinajstić information content (AvgIpc) is 3.56. The number of nitrogens with zero attached hydrogens (tertiary/aromatic N) is 4. The largest absolute Gasteiger partial charge is 0.355 e. The van der Waals surface area contributed by atoms with Crippen molar-refractivity contribution in [3.05, 3.63) is 102 Å². The van der Waals surface area contributed by atoms with Crippen LogP contribution in [-0.2, 0) is 22.4 Å². The maximum atomic E-state index is 14.0. The molecule has 4 heterocycles. The van der Waals surface area contributed by atoms with Crippen LogP contribution in [0.25, 0.3) is 11.4 Å². The lowest BCUT2D eigenvalue weighted by atomic mass is 10.0. The molecule has 46 heavy (non-hydrogen) atoms. The summed E-state index contributed by atoms with van der Waals surface area (Å²) in [5.41, 5.74) is 3.38. The number of hydrogen-bond donors (Lipinski definition) is 4. The van der Waals surface area contributed by atoms with Gasteiger partial charge in [0.25, 0.3) is 11.8 Å². The molecule has 12 nitrogen and oxygen atoms in total. The van der Waals surface area contributed by atoms with E-state index in [1.807, 2.05) is 50.2 Å². The summed E-state index contributed by atoms with van der Waals surface area (Å²) < 4.78 is 0. The molecule has 0 saturated heterocycles. The van der Waals surface area contributed by atoms with Crippen molar-refractivity contribution in [2.45, 2.75) is 45.2 Å². The number of nitrogens with one attached hydrogen (secondary N) is 4. The van der Waals surface area contributed by atoms with Gasteiger partial charge in [0.2, 0.25) is 11.8 Å². The van der Waals surface area contributed by atoms with Gasteiger partial charge in [-0.3, -0.25) is 34.2 Å². The number of aryl methyl sites for hydroxylation is 1. The van der Waals surface area contributed by atoms with Crippen LogP contribution in [0.3, 0.4) is 0 Å². The molecule has 1 aliphatic heterocycles. The Labute approximate surface area is 267 Å². The standard InChI is InChI=1S/C34H38N8O4/c1-22(2)31-33(45)38-26(16-23-9-4-3-5-10-23)20-42(34(46)29-17-28(40-41-29)27-12-6-7-13-36-27)21-30(43)37-14-8-11-24-15-25(19-35-18-24)32(44)39-31/h3-7,9-10,12-13,15,17-19,22,26,31H,8,11,14,16,20-21H2,1-2H3,(H,37,43)(H,38,45)(H,39,44)(H,40,41)/t26-,31-/m1/s1. The maximum Gasteiger partial charge on any atom is 0.272 e. The summed E-state index contributed by atoms with van der Waals surface area (Å²) in [7, 11) is 0. The molecule has 2 atom stereocenters. The van der Waals surface area contributed by atoms with Crippen molar-refractivity contribution in [3.8, 4) is 11.4 Å². The van der Waals surface area contributed by atoms with Crippen LogP contribution in [0.2, 0.25) is 0 Å². The second-order valence-electron chi connectivity index (χ2n) is 11.7. The Morgan fingerprint density at radius 3 is 2.54 bits per heavy atom. The van der Waals surface area contributed by atoms with Gasteiger partial charge in [-0.05, 0) is 60.6 Å². The molecule has 0 saturated carbocycles. The minimum absolute atomic E-state index is 0.0221. The van der Waals surface area contributed by atoms with Crippen molar-refractivity contribution < 1.29 is 19.2 Å². The van der Waals surface area contributed by atoms with Gasteiger partial charge in [0.1, 0.15) is 17.4 Å². The molecule has 12 heteroatoms. The fourth-order valence-corrected chi connectivity index (χ4v) is 5.34. The highest BCUT2D eigenvalue weighted by atomic mass is 16.2. The van der Waals surface area contributed by atoms with Crippen molar-refractivity contribution in [2.75, 3.05) is 19.6 Å². The number of carbonyl (C=O) groups excluding carboxylic acids is 4. The summed E-state index contributed by atoms with van der Waals surface area (Å²) in [6.07, 6.45) is 6.35. The Bertz CT molecular complexity index is 1660. The summed E-state index contributed by atoms with van der Waals surface area (Å²) in [6, 6.07) is 16.9. The highest BCUT2D eigenvalue weighted by molar-refractivity contribution is 5.98. The second kappa shape index (κ2) is 15.1. The van der Waals surface area contributed by atoms with E-state index in [0.29, 0.717) is 42.8 Å². The molecule has 0 fully saturated rings. The fourth-order valence-electron chi connectivity index (χ4n) is 5.34. The van der Waals surface area contributed by atoms with Crippen molar-refractivity contribution >= 4 is 23.6 Å². The molecule has 1 aromatic carbocycles.